The van der Waals surface area contributed by atoms with Crippen molar-refractivity contribution in [1.29, 1.82) is 0 Å². The third-order valence-electron chi connectivity index (χ3n) is 3.12. The molecule has 3 rings (SSSR count). The van der Waals surface area contributed by atoms with Gasteiger partial charge in [-0.05, 0) is 42.0 Å². The zero-order chi connectivity index (χ0) is 14.7. The van der Waals surface area contributed by atoms with E-state index in [2.05, 4.69) is 10.4 Å². The van der Waals surface area contributed by atoms with Crippen molar-refractivity contribution in [3.8, 4) is 5.69 Å². The van der Waals surface area contributed by atoms with Gasteiger partial charge in [0.05, 0.1) is 10.7 Å². The molecule has 0 spiro atoms. The van der Waals surface area contributed by atoms with Gasteiger partial charge in [-0.2, -0.15) is 5.10 Å². The van der Waals surface area contributed by atoms with E-state index in [1.807, 2.05) is 36.5 Å². The van der Waals surface area contributed by atoms with Crippen molar-refractivity contribution in [1.82, 2.24) is 9.78 Å². The van der Waals surface area contributed by atoms with Gasteiger partial charge in [-0.25, -0.2) is 9.07 Å². The van der Waals surface area contributed by atoms with Crippen LogP contribution >= 0.6 is 11.6 Å². The van der Waals surface area contributed by atoms with Crippen molar-refractivity contribution in [2.45, 2.75) is 6.54 Å². The molecule has 0 unspecified atom stereocenters. The minimum absolute atomic E-state index is 0.129. The number of halogens is 2. The van der Waals surface area contributed by atoms with E-state index in [0.717, 1.165) is 11.3 Å². The highest BCUT2D eigenvalue weighted by Gasteiger charge is 2.01. The lowest BCUT2D eigenvalue weighted by Crippen LogP contribution is -2.00. The minimum Gasteiger partial charge on any atom is -0.381 e. The lowest BCUT2D eigenvalue weighted by atomic mass is 10.2. The van der Waals surface area contributed by atoms with Crippen LogP contribution in [0.4, 0.5) is 10.1 Å². The molecule has 0 atom stereocenters. The van der Waals surface area contributed by atoms with E-state index in [4.69, 9.17) is 11.6 Å². The van der Waals surface area contributed by atoms with Crippen molar-refractivity contribution in [3.05, 3.63) is 77.3 Å². The van der Waals surface area contributed by atoms with Crippen LogP contribution in [0.25, 0.3) is 5.69 Å². The predicted octanol–water partition coefficient (Wildman–Crippen LogP) is 4.28. The maximum atomic E-state index is 13.3. The van der Waals surface area contributed by atoms with Crippen LogP contribution in [0.5, 0.6) is 0 Å². The molecule has 0 saturated heterocycles. The minimum atomic E-state index is -0.421. The fourth-order valence-corrected chi connectivity index (χ4v) is 2.12. The number of hydrogen-bond donors (Lipinski definition) is 1. The van der Waals surface area contributed by atoms with Gasteiger partial charge in [0.1, 0.15) is 5.82 Å². The Kier molecular flexibility index (Phi) is 3.88. The zero-order valence-electron chi connectivity index (χ0n) is 11.1. The van der Waals surface area contributed by atoms with Crippen LogP contribution in [0.2, 0.25) is 5.02 Å². The average molecular weight is 302 g/mol. The summed E-state index contributed by atoms with van der Waals surface area (Å²) in [7, 11) is 0. The lowest BCUT2D eigenvalue weighted by molar-refractivity contribution is 0.628. The van der Waals surface area contributed by atoms with Crippen LogP contribution in [0.3, 0.4) is 0 Å². The van der Waals surface area contributed by atoms with Crippen LogP contribution in [-0.2, 0) is 6.54 Å². The monoisotopic (exact) mass is 301 g/mol. The summed E-state index contributed by atoms with van der Waals surface area (Å²) in [5, 5.41) is 7.47. The molecule has 3 aromatic rings. The standard InChI is InChI=1S/C16H13ClFN3/c17-15-7-4-13(10-16(15)18)19-11-12-2-5-14(6-3-12)21-9-1-8-20-21/h1-10,19H,11H2. The summed E-state index contributed by atoms with van der Waals surface area (Å²) in [4.78, 5) is 0. The summed E-state index contributed by atoms with van der Waals surface area (Å²) in [6.45, 7) is 0.612. The van der Waals surface area contributed by atoms with E-state index in [-0.39, 0.29) is 5.02 Å². The topological polar surface area (TPSA) is 29.9 Å². The molecule has 0 amide bonds. The number of aromatic nitrogens is 2. The summed E-state index contributed by atoms with van der Waals surface area (Å²) in [6.07, 6.45) is 3.63. The summed E-state index contributed by atoms with van der Waals surface area (Å²) in [6, 6.07) is 14.6. The van der Waals surface area contributed by atoms with Crippen molar-refractivity contribution >= 4 is 17.3 Å². The van der Waals surface area contributed by atoms with Crippen molar-refractivity contribution in [2.24, 2.45) is 0 Å². The van der Waals surface area contributed by atoms with Crippen LogP contribution in [0, 0.1) is 5.82 Å². The second-order valence-electron chi connectivity index (χ2n) is 4.60. The second kappa shape index (κ2) is 5.97. The number of benzene rings is 2. The molecule has 2 aromatic carbocycles. The molecule has 1 heterocycles. The molecule has 0 aliphatic carbocycles. The fourth-order valence-electron chi connectivity index (χ4n) is 2.00. The number of nitrogens with one attached hydrogen (secondary N) is 1. The molecule has 3 nitrogen and oxygen atoms in total. The van der Waals surface area contributed by atoms with Gasteiger partial charge in [-0.3, -0.25) is 0 Å². The van der Waals surface area contributed by atoms with Crippen molar-refractivity contribution in [2.75, 3.05) is 5.32 Å². The van der Waals surface area contributed by atoms with E-state index < -0.39 is 5.82 Å². The molecule has 0 fully saturated rings. The van der Waals surface area contributed by atoms with E-state index in [1.54, 1.807) is 23.0 Å². The molecular formula is C16H13ClFN3. The number of hydrogen-bond acceptors (Lipinski definition) is 2. The SMILES string of the molecule is Fc1cc(NCc2ccc(-n3cccn3)cc2)ccc1Cl. The first-order valence-corrected chi connectivity index (χ1v) is 6.88. The number of anilines is 1. The summed E-state index contributed by atoms with van der Waals surface area (Å²) < 4.78 is 15.1. The first kappa shape index (κ1) is 13.6. The Hall–Kier alpha value is -2.33. The summed E-state index contributed by atoms with van der Waals surface area (Å²) >= 11 is 5.65. The Morgan fingerprint density at radius 2 is 1.95 bits per heavy atom. The van der Waals surface area contributed by atoms with Crippen molar-refractivity contribution < 1.29 is 4.39 Å². The molecule has 1 N–H and O–H groups in total. The van der Waals surface area contributed by atoms with Gasteiger partial charge in [0.2, 0.25) is 0 Å². The van der Waals surface area contributed by atoms with Gasteiger partial charge >= 0.3 is 0 Å². The van der Waals surface area contributed by atoms with Crippen LogP contribution in [0.1, 0.15) is 5.56 Å². The summed E-state index contributed by atoms with van der Waals surface area (Å²) in [5.74, 6) is -0.421. The van der Waals surface area contributed by atoms with Crippen molar-refractivity contribution in [3.63, 3.8) is 0 Å². The largest absolute Gasteiger partial charge is 0.381 e. The smallest absolute Gasteiger partial charge is 0.143 e. The van der Waals surface area contributed by atoms with E-state index in [0.29, 0.717) is 12.2 Å². The molecule has 0 bridgehead atoms. The maximum Gasteiger partial charge on any atom is 0.143 e. The van der Waals surface area contributed by atoms with Gasteiger partial charge in [0.15, 0.2) is 0 Å². The molecular weight excluding hydrogens is 289 g/mol. The Balaban J connectivity index is 1.66. The molecule has 5 heteroatoms. The average Bonchev–Trinajstić information content (AvgIpc) is 3.03. The number of nitrogens with zero attached hydrogens (tertiary/aromatic N) is 2. The summed E-state index contributed by atoms with van der Waals surface area (Å²) in [5.41, 5.74) is 2.80. The molecule has 0 radical (unpaired) electrons. The molecule has 1 aromatic heterocycles. The highest BCUT2D eigenvalue weighted by molar-refractivity contribution is 6.30. The van der Waals surface area contributed by atoms with Gasteiger partial charge in [-0.15, -0.1) is 0 Å². The highest BCUT2D eigenvalue weighted by atomic mass is 35.5. The van der Waals surface area contributed by atoms with Gasteiger partial charge in [0.25, 0.3) is 0 Å². The van der Waals surface area contributed by atoms with Crippen LogP contribution in [0.15, 0.2) is 60.9 Å². The highest BCUT2D eigenvalue weighted by Crippen LogP contribution is 2.19. The Bertz CT molecular complexity index is 724. The second-order valence-corrected chi connectivity index (χ2v) is 5.01. The zero-order valence-corrected chi connectivity index (χ0v) is 11.9. The van der Waals surface area contributed by atoms with E-state index in [9.17, 15) is 4.39 Å². The fraction of sp³-hybridized carbons (Fsp3) is 0.0625. The van der Waals surface area contributed by atoms with E-state index in [1.165, 1.54) is 6.07 Å². The Morgan fingerprint density at radius 3 is 2.62 bits per heavy atom. The number of rotatable bonds is 4. The first-order valence-electron chi connectivity index (χ1n) is 6.50. The van der Waals surface area contributed by atoms with Gasteiger partial charge in [-0.1, -0.05) is 23.7 Å². The third-order valence-corrected chi connectivity index (χ3v) is 3.43. The predicted molar refractivity (Wildman–Crippen MR) is 82.3 cm³/mol. The van der Waals surface area contributed by atoms with E-state index >= 15 is 0 Å². The maximum absolute atomic E-state index is 13.3. The van der Waals surface area contributed by atoms with Gasteiger partial charge in [0, 0.05) is 24.6 Å². The molecule has 0 aliphatic rings. The molecule has 0 aliphatic heterocycles. The molecule has 0 saturated carbocycles. The lowest BCUT2D eigenvalue weighted by Gasteiger charge is -2.08. The molecule has 21 heavy (non-hydrogen) atoms. The van der Waals surface area contributed by atoms with Crippen LogP contribution < -0.4 is 5.32 Å². The first-order chi connectivity index (χ1) is 10.2. The Morgan fingerprint density at radius 1 is 1.14 bits per heavy atom. The van der Waals surface area contributed by atoms with Gasteiger partial charge < -0.3 is 5.32 Å². The molecule has 106 valence electrons. The van der Waals surface area contributed by atoms with Crippen LogP contribution in [-0.4, -0.2) is 9.78 Å². The normalized spacial score (nSPS) is 10.6. The third kappa shape index (κ3) is 3.23. The Labute approximate surface area is 127 Å². The quantitative estimate of drug-likeness (QED) is 0.779.